The lowest BCUT2D eigenvalue weighted by Crippen LogP contribution is -2.61. The lowest BCUT2D eigenvalue weighted by molar-refractivity contribution is -0.146. The van der Waals surface area contributed by atoms with Gasteiger partial charge in [0.15, 0.2) is 17.1 Å². The first kappa shape index (κ1) is 95.7. The summed E-state index contributed by atoms with van der Waals surface area (Å²) in [7, 11) is 5.30. The van der Waals surface area contributed by atoms with Gasteiger partial charge in [0.2, 0.25) is 70.9 Å². The molecule has 666 valence electrons. The summed E-state index contributed by atoms with van der Waals surface area (Å²) in [6, 6.07) is 11.2. The van der Waals surface area contributed by atoms with Gasteiger partial charge < -0.3 is 103 Å². The number of hydrogen-bond donors (Lipinski definition) is 12. The van der Waals surface area contributed by atoms with Gasteiger partial charge in [0.1, 0.15) is 66.3 Å². The molecule has 5 heterocycles. The van der Waals surface area contributed by atoms with Crippen LogP contribution in [0.2, 0.25) is 0 Å². The van der Waals surface area contributed by atoms with Gasteiger partial charge >= 0.3 is 12.1 Å². The first-order chi connectivity index (χ1) is 58.3. The number of primary amides is 1. The Kier molecular flexibility index (Phi) is 34.3. The zero-order valence-corrected chi connectivity index (χ0v) is 72.0. The lowest BCUT2D eigenvalue weighted by atomic mass is 9.96. The Balaban J connectivity index is 1.06. The number of pyridine rings is 2. The van der Waals surface area contributed by atoms with Crippen LogP contribution in [0.4, 0.5) is 15.3 Å². The molecule has 0 saturated carbocycles. The maximum atomic E-state index is 15.5. The molecule has 38 nitrogen and oxygen atoms in total. The molecule has 3 aliphatic rings. The molecule has 17 amide bonds. The molecule has 3 saturated heterocycles. The van der Waals surface area contributed by atoms with E-state index in [4.69, 9.17) is 20.2 Å². The first-order valence-corrected chi connectivity index (χ1v) is 41.5. The van der Waals surface area contributed by atoms with E-state index < -0.39 is 217 Å². The number of benzene rings is 3. The molecule has 0 radical (unpaired) electrons. The number of alkyl carbamates (subject to hydrolysis) is 1. The number of ether oxygens (including phenoxy) is 2. The number of rotatable bonds is 21. The Hall–Kier alpha value is -12.8. The minimum atomic E-state index is -1.71. The molecule has 0 unspecified atom stereocenters. The minimum Gasteiger partial charge on any atom is -0.505 e. The SMILES string of the molecule is CC[C@H](C)[C@H]1C(=O)NC[C@@H](NC(=O)c2nc3ccccc3cc2OCc2ccc(NC(=O)[C@H](CCCNC(N)=O)NC(=O)[C@@H](NC(=O)OC(C)(C)C)C(C)C)cc2)C(=O)N2CCCC[C@H]2C(=O)NCC(=O)N(C)CC(=O)N(C)[C@@H]([C@@H](C)CC)C(=O)NC[C@@H](NC(=O)c2nc3ccccc3cc2O)C(=O)N2CCCC[C@H]2C(=O)NCC(=O)N(C)CC(=O)N1C. The number of aromatic hydroxyl groups is 1. The standard InChI is InChI=1S/C85H117N19O19/c1-14-49(5)71-79(116)88-41-58(96-77(114)69-62(105)39-52-25-16-18-27-55(52)93-69)81(118)103-37-22-20-30-60(103)74(111)90-43-64(106)100(11)46-67(109)102(13)72(50(6)15-2)80(117)89-42-59(82(119)104-38-23-21-31-61(104)75(112)91-44-65(107)99(10)45-66(108)101(71)12)97-78(115)70-63(40-53-26-17-19-28-56(53)94-70)122-47-51-32-34-54(35-33-51)92-73(110)57(29-24-36-87-83(86)120)95-76(113)68(48(3)4)98-84(121)123-85(7,8)9/h16-19,25-28,32-35,39-40,48-50,57-61,68,71-72,105H,14-15,20-24,29-31,36-38,41-47H2,1-13H3,(H,88,116)(H,89,117)(H,90,111)(H,91,112)(H,92,110)(H,95,113)(H,96,114)(H,97,115)(H,98,121)(H3,86,87,120)/t49-,50-,57-,58+,59+,60-,61-,68-,71-,72-/m0/s1. The normalized spacial score (nSPS) is 20.7. The van der Waals surface area contributed by atoms with Gasteiger partial charge in [-0.3, -0.25) is 67.1 Å². The number of piperidine rings is 2. The number of anilines is 1. The molecule has 13 N–H and O–H groups in total. The van der Waals surface area contributed by atoms with Crippen LogP contribution in [0.5, 0.6) is 11.5 Å². The highest BCUT2D eigenvalue weighted by Gasteiger charge is 2.43. The van der Waals surface area contributed by atoms with Gasteiger partial charge in [-0.1, -0.05) is 103 Å². The van der Waals surface area contributed by atoms with Gasteiger partial charge in [0, 0.05) is 77.4 Å². The fourth-order valence-electron chi connectivity index (χ4n) is 14.6. The van der Waals surface area contributed by atoms with Crippen molar-refractivity contribution in [2.24, 2.45) is 23.5 Å². The van der Waals surface area contributed by atoms with E-state index in [2.05, 4.69) is 58.2 Å². The number of urea groups is 1. The number of nitrogens with zero attached hydrogens (tertiary/aromatic N) is 8. The smallest absolute Gasteiger partial charge is 0.408 e. The number of carbonyl (C=O) groups is 16. The predicted octanol–water partition coefficient (Wildman–Crippen LogP) is 2.29. The van der Waals surface area contributed by atoms with E-state index in [0.717, 1.165) is 19.6 Å². The van der Waals surface area contributed by atoms with E-state index in [1.165, 1.54) is 44.1 Å². The van der Waals surface area contributed by atoms with Crippen molar-refractivity contribution in [2.75, 3.05) is 92.4 Å². The number of amides is 17. The van der Waals surface area contributed by atoms with Gasteiger partial charge in [0.25, 0.3) is 11.8 Å². The topological polar surface area (TPSA) is 503 Å². The van der Waals surface area contributed by atoms with Crippen LogP contribution in [-0.2, 0) is 68.9 Å². The van der Waals surface area contributed by atoms with Crippen molar-refractivity contribution in [3.8, 4) is 11.5 Å². The predicted molar refractivity (Wildman–Crippen MR) is 452 cm³/mol. The zero-order chi connectivity index (χ0) is 90.3. The number of para-hydroxylation sites is 2. The quantitative estimate of drug-likeness (QED) is 0.0469. The van der Waals surface area contributed by atoms with Crippen LogP contribution in [0.15, 0.2) is 84.9 Å². The number of aromatic nitrogens is 2. The highest BCUT2D eigenvalue weighted by molar-refractivity contribution is 6.04. The molecule has 3 aliphatic heterocycles. The summed E-state index contributed by atoms with van der Waals surface area (Å²) >= 11 is 0. The Bertz CT molecular complexity index is 4710. The molecule has 5 aromatic rings. The largest absolute Gasteiger partial charge is 0.505 e. The molecule has 0 bridgehead atoms. The van der Waals surface area contributed by atoms with Crippen molar-refractivity contribution in [1.29, 1.82) is 0 Å². The Morgan fingerprint density at radius 3 is 1.53 bits per heavy atom. The van der Waals surface area contributed by atoms with E-state index in [1.807, 2.05) is 0 Å². The van der Waals surface area contributed by atoms with Crippen LogP contribution in [0.25, 0.3) is 21.8 Å². The number of fused-ring (bicyclic) bond motifs is 4. The molecule has 0 spiro atoms. The molecule has 10 atom stereocenters. The van der Waals surface area contributed by atoms with Crippen LogP contribution in [0.3, 0.4) is 0 Å². The van der Waals surface area contributed by atoms with Gasteiger partial charge in [-0.05, 0) is 132 Å². The van der Waals surface area contributed by atoms with Gasteiger partial charge in [-0.2, -0.15) is 0 Å². The van der Waals surface area contributed by atoms with Crippen molar-refractivity contribution in [3.63, 3.8) is 0 Å². The Morgan fingerprint density at radius 1 is 0.585 bits per heavy atom. The first-order valence-electron chi connectivity index (χ1n) is 41.5. The minimum absolute atomic E-state index is 0.0182. The number of nitrogens with one attached hydrogen (secondary N) is 10. The average molecular weight is 1710 g/mol. The van der Waals surface area contributed by atoms with Gasteiger partial charge in [-0.25, -0.2) is 19.6 Å². The van der Waals surface area contributed by atoms with Crippen LogP contribution in [0.1, 0.15) is 153 Å². The molecular weight excluding hydrogens is 1590 g/mol. The average Bonchev–Trinajstić information content (AvgIpc) is 0.799. The summed E-state index contributed by atoms with van der Waals surface area (Å²) < 4.78 is 11.8. The van der Waals surface area contributed by atoms with Crippen molar-refractivity contribution in [3.05, 3.63) is 102 Å². The molecule has 2 aromatic heterocycles. The van der Waals surface area contributed by atoms with Crippen LogP contribution >= 0.6 is 0 Å². The number of hydrogen-bond acceptors (Lipinski definition) is 21. The number of nitrogens with two attached hydrogens (primary N) is 1. The van der Waals surface area contributed by atoms with E-state index in [1.54, 1.807) is 141 Å². The van der Waals surface area contributed by atoms with Crippen molar-refractivity contribution in [1.82, 2.24) is 87.2 Å². The summed E-state index contributed by atoms with van der Waals surface area (Å²) in [5.41, 5.74) is 5.09. The second-order valence-electron chi connectivity index (χ2n) is 32.6. The maximum absolute atomic E-state index is 15.5. The lowest BCUT2D eigenvalue weighted by Gasteiger charge is -2.38. The summed E-state index contributed by atoms with van der Waals surface area (Å²) in [4.78, 5) is 243. The van der Waals surface area contributed by atoms with Crippen molar-refractivity contribution in [2.45, 2.75) is 187 Å². The van der Waals surface area contributed by atoms with Crippen LogP contribution in [0, 0.1) is 17.8 Å². The molecule has 3 fully saturated rings. The second kappa shape index (κ2) is 44.1. The third kappa shape index (κ3) is 26.4. The fourth-order valence-corrected chi connectivity index (χ4v) is 14.6. The molecule has 38 heteroatoms. The van der Waals surface area contributed by atoms with E-state index in [-0.39, 0.29) is 69.1 Å². The number of likely N-dealkylation sites (N-methyl/N-ethyl adjacent to an activating group) is 4. The van der Waals surface area contributed by atoms with Crippen molar-refractivity contribution < 1.29 is 91.3 Å². The molecule has 3 aromatic carbocycles. The Labute approximate surface area is 714 Å². The van der Waals surface area contributed by atoms with E-state index in [9.17, 15) is 67.4 Å². The van der Waals surface area contributed by atoms with Gasteiger partial charge in [-0.15, -0.1) is 0 Å². The summed E-state index contributed by atoms with van der Waals surface area (Å²) in [6.45, 7) is 11.3. The fraction of sp³-hybridized carbons (Fsp3) is 0.529. The zero-order valence-electron chi connectivity index (χ0n) is 72.0. The van der Waals surface area contributed by atoms with Gasteiger partial charge in [0.05, 0.1) is 37.2 Å². The van der Waals surface area contributed by atoms with Crippen LogP contribution < -0.4 is 63.6 Å². The highest BCUT2D eigenvalue weighted by atomic mass is 16.6. The highest BCUT2D eigenvalue weighted by Crippen LogP contribution is 2.29. The third-order valence-electron chi connectivity index (χ3n) is 22.0. The second-order valence-corrected chi connectivity index (χ2v) is 32.6. The van der Waals surface area contributed by atoms with Crippen LogP contribution in [-0.4, -0.2) is 280 Å². The third-order valence-corrected chi connectivity index (χ3v) is 22.0. The summed E-state index contributed by atoms with van der Waals surface area (Å²) in [6.07, 6.45) is 1.87. The van der Waals surface area contributed by atoms with E-state index >= 15 is 14.4 Å². The van der Waals surface area contributed by atoms with E-state index in [0.29, 0.717) is 65.9 Å². The summed E-state index contributed by atoms with van der Waals surface area (Å²) in [5, 5.41) is 38.7. The van der Waals surface area contributed by atoms with Crippen molar-refractivity contribution >= 4 is 122 Å². The molecule has 123 heavy (non-hydrogen) atoms. The monoisotopic (exact) mass is 1710 g/mol. The molecule has 0 aliphatic carbocycles. The molecule has 8 rings (SSSR count). The Morgan fingerprint density at radius 2 is 1.06 bits per heavy atom. The number of carbonyl (C=O) groups excluding carboxylic acids is 16. The summed E-state index contributed by atoms with van der Waals surface area (Å²) in [5.74, 6) is -13.3. The molecular formula is C85H117N19O19. The maximum Gasteiger partial charge on any atom is 0.408 e.